The van der Waals surface area contributed by atoms with E-state index >= 15 is 0 Å². The summed E-state index contributed by atoms with van der Waals surface area (Å²) >= 11 is 0. The molecule has 0 aliphatic carbocycles. The number of aromatic nitrogens is 3. The summed E-state index contributed by atoms with van der Waals surface area (Å²) < 4.78 is 2.43. The van der Waals surface area contributed by atoms with Crippen LogP contribution in [0.4, 0.5) is 17.1 Å². The number of anilines is 3. The summed E-state index contributed by atoms with van der Waals surface area (Å²) in [4.78, 5) is 12.0. The molecular formula is C54H36N4. The zero-order valence-corrected chi connectivity index (χ0v) is 31.6. The fourth-order valence-corrected chi connectivity index (χ4v) is 8.55. The number of fused-ring (bicyclic) bond motifs is 5. The van der Waals surface area contributed by atoms with Crippen molar-refractivity contribution in [3.8, 4) is 39.3 Å². The van der Waals surface area contributed by atoms with E-state index in [-0.39, 0.29) is 0 Å². The first-order chi connectivity index (χ1) is 28.8. The maximum absolute atomic E-state index is 4.87. The zero-order chi connectivity index (χ0) is 38.4. The lowest BCUT2D eigenvalue weighted by molar-refractivity contribution is 1.14. The molecule has 11 aromatic rings. The van der Waals surface area contributed by atoms with Crippen LogP contribution in [0.5, 0.6) is 0 Å². The first kappa shape index (κ1) is 33.5. The minimum Gasteiger partial charge on any atom is -0.309 e. The SMILES string of the molecule is c1ccc(-c2ncc(N(c3ccccc3-c3ccc(-c4ccc5c6ccccc6n(-c6cccc7ccccc67)c5c4)cc3)c3cccc4ccccc34)cn2)cc1. The smallest absolute Gasteiger partial charge is 0.159 e. The first-order valence-electron chi connectivity index (χ1n) is 19.7. The fourth-order valence-electron chi connectivity index (χ4n) is 8.55. The van der Waals surface area contributed by atoms with Gasteiger partial charge < -0.3 is 9.47 Å². The fraction of sp³-hybridized carbons (Fsp3) is 0. The van der Waals surface area contributed by atoms with Crippen LogP contribution in [-0.2, 0) is 0 Å². The van der Waals surface area contributed by atoms with E-state index in [1.165, 1.54) is 49.2 Å². The summed E-state index contributed by atoms with van der Waals surface area (Å²) in [7, 11) is 0. The third-order valence-corrected chi connectivity index (χ3v) is 11.3. The van der Waals surface area contributed by atoms with Crippen molar-refractivity contribution in [3.63, 3.8) is 0 Å². The van der Waals surface area contributed by atoms with Gasteiger partial charge in [-0.3, -0.25) is 0 Å². The van der Waals surface area contributed by atoms with Crippen molar-refractivity contribution >= 4 is 60.4 Å². The first-order valence-corrected chi connectivity index (χ1v) is 19.7. The van der Waals surface area contributed by atoms with Crippen LogP contribution < -0.4 is 4.90 Å². The molecule has 0 saturated heterocycles. The maximum atomic E-state index is 4.87. The summed E-state index contributed by atoms with van der Waals surface area (Å²) in [5.41, 5.74) is 12.1. The molecule has 4 nitrogen and oxygen atoms in total. The molecule has 0 spiro atoms. The summed E-state index contributed by atoms with van der Waals surface area (Å²) in [6, 6.07) is 73.6. The Hall–Kier alpha value is -7.82. The number of hydrogen-bond donors (Lipinski definition) is 0. The molecule has 0 unspecified atom stereocenters. The van der Waals surface area contributed by atoms with E-state index in [1.807, 2.05) is 42.7 Å². The van der Waals surface area contributed by atoms with Crippen molar-refractivity contribution < 1.29 is 0 Å². The minimum absolute atomic E-state index is 0.696. The Morgan fingerprint density at radius 2 is 0.931 bits per heavy atom. The highest BCUT2D eigenvalue weighted by atomic mass is 15.2. The van der Waals surface area contributed by atoms with E-state index in [9.17, 15) is 0 Å². The van der Waals surface area contributed by atoms with Crippen molar-refractivity contribution in [2.45, 2.75) is 0 Å². The second kappa shape index (κ2) is 14.0. The lowest BCUT2D eigenvalue weighted by Crippen LogP contribution is -2.12. The quantitative estimate of drug-likeness (QED) is 0.163. The third kappa shape index (κ3) is 5.70. The topological polar surface area (TPSA) is 34.0 Å². The van der Waals surface area contributed by atoms with Gasteiger partial charge in [0, 0.05) is 32.7 Å². The second-order valence-corrected chi connectivity index (χ2v) is 14.6. The summed E-state index contributed by atoms with van der Waals surface area (Å²) in [6.07, 6.45) is 3.87. The Labute approximate surface area is 336 Å². The molecule has 0 saturated carbocycles. The third-order valence-electron chi connectivity index (χ3n) is 11.3. The van der Waals surface area contributed by atoms with Gasteiger partial charge in [0.15, 0.2) is 5.82 Å². The van der Waals surface area contributed by atoms with E-state index < -0.39 is 0 Å². The van der Waals surface area contributed by atoms with Crippen LogP contribution in [0.15, 0.2) is 219 Å². The molecule has 0 radical (unpaired) electrons. The molecule has 0 aliphatic rings. The van der Waals surface area contributed by atoms with Crippen LogP contribution in [0.2, 0.25) is 0 Å². The van der Waals surface area contributed by atoms with Crippen LogP contribution in [0.1, 0.15) is 0 Å². The van der Waals surface area contributed by atoms with Gasteiger partial charge in [0.1, 0.15) is 0 Å². The van der Waals surface area contributed by atoms with E-state index in [2.05, 4.69) is 185 Å². The Balaban J connectivity index is 1.02. The van der Waals surface area contributed by atoms with Crippen LogP contribution in [0, 0.1) is 0 Å². The van der Waals surface area contributed by atoms with Crippen molar-refractivity contribution in [1.82, 2.24) is 14.5 Å². The van der Waals surface area contributed by atoms with E-state index in [0.29, 0.717) is 5.82 Å². The summed E-state index contributed by atoms with van der Waals surface area (Å²) in [5.74, 6) is 0.696. The Morgan fingerprint density at radius 1 is 0.362 bits per heavy atom. The summed E-state index contributed by atoms with van der Waals surface area (Å²) in [5, 5.41) is 7.28. The minimum atomic E-state index is 0.696. The molecule has 58 heavy (non-hydrogen) atoms. The van der Waals surface area contributed by atoms with E-state index in [1.54, 1.807) is 0 Å². The molecule has 0 amide bonds. The van der Waals surface area contributed by atoms with Gasteiger partial charge in [0.05, 0.1) is 46.2 Å². The molecule has 2 aromatic heterocycles. The molecule has 9 aromatic carbocycles. The maximum Gasteiger partial charge on any atom is 0.159 e. The highest BCUT2D eigenvalue weighted by Gasteiger charge is 2.21. The summed E-state index contributed by atoms with van der Waals surface area (Å²) in [6.45, 7) is 0. The molecule has 2 heterocycles. The Bertz CT molecular complexity index is 3260. The van der Waals surface area contributed by atoms with Gasteiger partial charge in [-0.05, 0) is 57.8 Å². The molecule has 0 aliphatic heterocycles. The van der Waals surface area contributed by atoms with Gasteiger partial charge in [-0.15, -0.1) is 0 Å². The van der Waals surface area contributed by atoms with Gasteiger partial charge in [-0.2, -0.15) is 0 Å². The number of benzene rings is 9. The van der Waals surface area contributed by atoms with Gasteiger partial charge in [-0.1, -0.05) is 176 Å². The second-order valence-electron chi connectivity index (χ2n) is 14.6. The average Bonchev–Trinajstić information content (AvgIpc) is 3.63. The van der Waals surface area contributed by atoms with Crippen molar-refractivity contribution in [2.75, 3.05) is 4.90 Å². The molecule has 11 rings (SSSR count). The van der Waals surface area contributed by atoms with Gasteiger partial charge in [0.2, 0.25) is 0 Å². The van der Waals surface area contributed by atoms with Crippen LogP contribution >= 0.6 is 0 Å². The van der Waals surface area contributed by atoms with Crippen LogP contribution in [0.3, 0.4) is 0 Å². The predicted molar refractivity (Wildman–Crippen MR) is 242 cm³/mol. The predicted octanol–water partition coefficient (Wildman–Crippen LogP) is 14.4. The van der Waals surface area contributed by atoms with Crippen molar-refractivity contribution in [1.29, 1.82) is 0 Å². The lowest BCUT2D eigenvalue weighted by Gasteiger charge is -2.28. The van der Waals surface area contributed by atoms with Crippen LogP contribution in [-0.4, -0.2) is 14.5 Å². The Morgan fingerprint density at radius 3 is 1.74 bits per heavy atom. The van der Waals surface area contributed by atoms with Crippen LogP contribution in [0.25, 0.3) is 82.7 Å². The molecule has 0 N–H and O–H groups in total. The highest BCUT2D eigenvalue weighted by Crippen LogP contribution is 2.44. The number of hydrogen-bond acceptors (Lipinski definition) is 3. The molecule has 0 fully saturated rings. The highest BCUT2D eigenvalue weighted by molar-refractivity contribution is 6.11. The molecule has 0 atom stereocenters. The lowest BCUT2D eigenvalue weighted by atomic mass is 9.97. The monoisotopic (exact) mass is 740 g/mol. The van der Waals surface area contributed by atoms with Gasteiger partial charge >= 0.3 is 0 Å². The van der Waals surface area contributed by atoms with Crippen molar-refractivity contribution in [3.05, 3.63) is 219 Å². The molecule has 272 valence electrons. The van der Waals surface area contributed by atoms with Crippen molar-refractivity contribution in [2.24, 2.45) is 0 Å². The molecular weight excluding hydrogens is 705 g/mol. The Kier molecular flexibility index (Phi) is 8.11. The molecule has 0 bridgehead atoms. The largest absolute Gasteiger partial charge is 0.309 e. The number of nitrogens with zero attached hydrogens (tertiary/aromatic N) is 4. The van der Waals surface area contributed by atoms with Gasteiger partial charge in [-0.25, -0.2) is 9.97 Å². The zero-order valence-electron chi connectivity index (χ0n) is 31.6. The average molecular weight is 741 g/mol. The van der Waals surface area contributed by atoms with E-state index in [4.69, 9.17) is 9.97 Å². The molecule has 4 heteroatoms. The van der Waals surface area contributed by atoms with Gasteiger partial charge in [0.25, 0.3) is 0 Å². The number of para-hydroxylation sites is 2. The van der Waals surface area contributed by atoms with E-state index in [0.717, 1.165) is 44.7 Å². The standard InChI is InChI=1S/C54H36N4/c1-2-16-41(17-3-1)54-55-35-43(36-56-54)57(50-26-12-18-38-14-4-6-20-44(38)50)49-24-10-8-22-46(49)40-30-28-37(29-31-40)42-32-33-48-47-23-9-11-25-52(47)58(53(48)34-42)51-27-13-19-39-15-5-7-21-45(39)51/h1-36H. The normalized spacial score (nSPS) is 11.4. The number of rotatable bonds is 7.